The van der Waals surface area contributed by atoms with E-state index in [1.807, 2.05) is 13.8 Å². The maximum Gasteiger partial charge on any atom is 0.246 e. The first-order chi connectivity index (χ1) is 9.28. The molecule has 1 heterocycles. The predicted octanol–water partition coefficient (Wildman–Crippen LogP) is 1.70. The van der Waals surface area contributed by atoms with Crippen molar-refractivity contribution in [3.05, 3.63) is 29.3 Å². The number of nitrogens with zero attached hydrogens (tertiary/aromatic N) is 1. The average Bonchev–Trinajstić information content (AvgIpc) is 2.70. The van der Waals surface area contributed by atoms with Crippen molar-refractivity contribution in [1.82, 2.24) is 4.31 Å². The van der Waals surface area contributed by atoms with E-state index in [0.29, 0.717) is 13.1 Å². The summed E-state index contributed by atoms with van der Waals surface area (Å²) in [5.74, 6) is -1.49. The summed E-state index contributed by atoms with van der Waals surface area (Å²) < 4.78 is 53.7. The fraction of sp³-hybridized carbons (Fsp3) is 0.538. The summed E-state index contributed by atoms with van der Waals surface area (Å²) in [6.45, 7) is 4.21. The van der Waals surface area contributed by atoms with Crippen LogP contribution in [0.3, 0.4) is 0 Å². The van der Waals surface area contributed by atoms with E-state index in [4.69, 9.17) is 5.73 Å². The van der Waals surface area contributed by atoms with Crippen LogP contribution in [0.1, 0.15) is 19.4 Å². The van der Waals surface area contributed by atoms with Gasteiger partial charge in [-0.3, -0.25) is 0 Å². The molecule has 1 fully saturated rings. The molecule has 2 rings (SSSR count). The Morgan fingerprint density at radius 3 is 2.30 bits per heavy atom. The van der Waals surface area contributed by atoms with Crippen LogP contribution < -0.4 is 5.73 Å². The van der Waals surface area contributed by atoms with Gasteiger partial charge in [-0.15, -0.1) is 0 Å². The first-order valence-corrected chi connectivity index (χ1v) is 7.90. The predicted molar refractivity (Wildman–Crippen MR) is 71.3 cm³/mol. The van der Waals surface area contributed by atoms with Gasteiger partial charge >= 0.3 is 0 Å². The van der Waals surface area contributed by atoms with Gasteiger partial charge < -0.3 is 5.73 Å². The molecule has 0 aromatic heterocycles. The van der Waals surface area contributed by atoms with Gasteiger partial charge in [0.25, 0.3) is 0 Å². The highest BCUT2D eigenvalue weighted by molar-refractivity contribution is 7.89. The molecule has 0 saturated carbocycles. The van der Waals surface area contributed by atoms with Crippen molar-refractivity contribution < 1.29 is 17.2 Å². The van der Waals surface area contributed by atoms with Crippen molar-refractivity contribution in [2.75, 3.05) is 13.1 Å². The minimum absolute atomic E-state index is 0.210. The topological polar surface area (TPSA) is 63.4 Å². The van der Waals surface area contributed by atoms with Crippen LogP contribution in [0.5, 0.6) is 0 Å². The molecule has 1 saturated heterocycles. The quantitative estimate of drug-likeness (QED) is 0.924. The monoisotopic (exact) mass is 304 g/mol. The Labute approximate surface area is 117 Å². The highest BCUT2D eigenvalue weighted by Crippen LogP contribution is 2.30. The molecule has 1 aliphatic heterocycles. The lowest BCUT2D eigenvalue weighted by Crippen LogP contribution is -2.30. The van der Waals surface area contributed by atoms with Crippen LogP contribution in [-0.4, -0.2) is 25.8 Å². The minimum Gasteiger partial charge on any atom is -0.326 e. The highest BCUT2D eigenvalue weighted by Gasteiger charge is 2.36. The SMILES string of the molecule is CC1CN(S(=O)(=O)c2ccc(F)c(CN)c2F)CC1C. The van der Waals surface area contributed by atoms with Crippen LogP contribution in [0.2, 0.25) is 0 Å². The molecule has 2 atom stereocenters. The van der Waals surface area contributed by atoms with Crippen molar-refractivity contribution in [2.45, 2.75) is 25.3 Å². The van der Waals surface area contributed by atoms with Gasteiger partial charge in [-0.25, -0.2) is 17.2 Å². The summed E-state index contributed by atoms with van der Waals surface area (Å²) in [5, 5.41) is 0. The molecular formula is C13H18F2N2O2S. The standard InChI is InChI=1S/C13H18F2N2O2S/c1-8-6-17(7-9(8)2)20(18,19)12-4-3-11(14)10(5-16)13(12)15/h3-4,8-9H,5-7,16H2,1-2H3. The Hall–Kier alpha value is -1.05. The van der Waals surface area contributed by atoms with Gasteiger partial charge in [0.1, 0.15) is 10.7 Å². The largest absolute Gasteiger partial charge is 0.326 e. The number of rotatable bonds is 3. The van der Waals surface area contributed by atoms with Gasteiger partial charge in [0.15, 0.2) is 5.82 Å². The van der Waals surface area contributed by atoms with E-state index in [2.05, 4.69) is 0 Å². The third kappa shape index (κ3) is 2.45. The van der Waals surface area contributed by atoms with Crippen LogP contribution in [0.15, 0.2) is 17.0 Å². The Balaban J connectivity index is 2.46. The second-order valence-corrected chi connectivity index (χ2v) is 7.23. The van der Waals surface area contributed by atoms with E-state index in [0.717, 1.165) is 12.1 Å². The van der Waals surface area contributed by atoms with Gasteiger partial charge in [-0.2, -0.15) is 4.31 Å². The first-order valence-electron chi connectivity index (χ1n) is 6.46. The number of nitrogens with two attached hydrogens (primary N) is 1. The van der Waals surface area contributed by atoms with Gasteiger partial charge in [0.05, 0.1) is 0 Å². The highest BCUT2D eigenvalue weighted by atomic mass is 32.2. The van der Waals surface area contributed by atoms with E-state index in [1.54, 1.807) is 0 Å². The van der Waals surface area contributed by atoms with Crippen LogP contribution >= 0.6 is 0 Å². The molecule has 20 heavy (non-hydrogen) atoms. The Morgan fingerprint density at radius 2 is 1.80 bits per heavy atom. The third-order valence-electron chi connectivity index (χ3n) is 3.93. The third-order valence-corrected chi connectivity index (χ3v) is 5.78. The van der Waals surface area contributed by atoms with E-state index < -0.39 is 32.1 Å². The normalized spacial score (nSPS) is 24.2. The molecule has 4 nitrogen and oxygen atoms in total. The minimum atomic E-state index is -3.95. The average molecular weight is 304 g/mol. The zero-order chi connectivity index (χ0) is 15.1. The second-order valence-electron chi connectivity index (χ2n) is 5.32. The number of benzene rings is 1. The van der Waals surface area contributed by atoms with Crippen molar-refractivity contribution in [3.63, 3.8) is 0 Å². The summed E-state index contributed by atoms with van der Waals surface area (Å²) >= 11 is 0. The van der Waals surface area contributed by atoms with Gasteiger partial charge in [-0.05, 0) is 24.0 Å². The van der Waals surface area contributed by atoms with Gasteiger partial charge in [-0.1, -0.05) is 13.8 Å². The molecule has 2 unspecified atom stereocenters. The molecule has 0 amide bonds. The number of hydrogen-bond donors (Lipinski definition) is 1. The molecule has 0 spiro atoms. The van der Waals surface area contributed by atoms with Crippen molar-refractivity contribution >= 4 is 10.0 Å². The zero-order valence-corrected chi connectivity index (χ0v) is 12.3. The van der Waals surface area contributed by atoms with Crippen molar-refractivity contribution in [3.8, 4) is 0 Å². The zero-order valence-electron chi connectivity index (χ0n) is 11.4. The number of halogens is 2. The van der Waals surface area contributed by atoms with Crippen LogP contribution in [0.4, 0.5) is 8.78 Å². The molecule has 0 bridgehead atoms. The second kappa shape index (κ2) is 5.38. The molecule has 2 N–H and O–H groups in total. The smallest absolute Gasteiger partial charge is 0.246 e. The van der Waals surface area contributed by atoms with E-state index in [9.17, 15) is 17.2 Å². The van der Waals surface area contributed by atoms with E-state index in [1.165, 1.54) is 4.31 Å². The molecule has 1 aromatic carbocycles. The van der Waals surface area contributed by atoms with Crippen molar-refractivity contribution in [1.29, 1.82) is 0 Å². The molecule has 0 aliphatic carbocycles. The lowest BCUT2D eigenvalue weighted by atomic mass is 10.0. The number of hydrogen-bond acceptors (Lipinski definition) is 3. The molecular weight excluding hydrogens is 286 g/mol. The fourth-order valence-corrected chi connectivity index (χ4v) is 4.11. The summed E-state index contributed by atoms with van der Waals surface area (Å²) in [7, 11) is -3.95. The maximum absolute atomic E-state index is 14.2. The van der Waals surface area contributed by atoms with E-state index in [-0.39, 0.29) is 18.4 Å². The molecule has 7 heteroatoms. The van der Waals surface area contributed by atoms with Gasteiger partial charge in [0.2, 0.25) is 10.0 Å². The summed E-state index contributed by atoms with van der Waals surface area (Å²) in [6.07, 6.45) is 0. The lowest BCUT2D eigenvalue weighted by Gasteiger charge is -2.17. The molecule has 1 aromatic rings. The molecule has 1 aliphatic rings. The summed E-state index contributed by atoms with van der Waals surface area (Å²) in [6, 6.07) is 1.91. The Morgan fingerprint density at radius 1 is 1.25 bits per heavy atom. The number of sulfonamides is 1. The van der Waals surface area contributed by atoms with Gasteiger partial charge in [0, 0.05) is 25.2 Å². The first kappa shape index (κ1) is 15.3. The summed E-state index contributed by atoms with van der Waals surface area (Å²) in [5.41, 5.74) is 4.88. The fourth-order valence-electron chi connectivity index (χ4n) is 2.37. The van der Waals surface area contributed by atoms with Crippen molar-refractivity contribution in [2.24, 2.45) is 17.6 Å². The molecule has 112 valence electrons. The molecule has 0 radical (unpaired) electrons. The van der Waals surface area contributed by atoms with Crippen LogP contribution in [0.25, 0.3) is 0 Å². The van der Waals surface area contributed by atoms with Crippen LogP contribution in [-0.2, 0) is 16.6 Å². The Kier molecular flexibility index (Phi) is 4.13. The maximum atomic E-state index is 14.2. The van der Waals surface area contributed by atoms with E-state index >= 15 is 0 Å². The Bertz CT molecular complexity index is 609. The lowest BCUT2D eigenvalue weighted by molar-refractivity contribution is 0.453. The van der Waals surface area contributed by atoms with Crippen LogP contribution in [0, 0.1) is 23.5 Å². The summed E-state index contributed by atoms with van der Waals surface area (Å²) in [4.78, 5) is -0.499.